The Morgan fingerprint density at radius 3 is 2.75 bits per heavy atom. The molecule has 0 unspecified atom stereocenters. The van der Waals surface area contributed by atoms with Crippen LogP contribution in [0.2, 0.25) is 0 Å². The van der Waals surface area contributed by atoms with Crippen LogP contribution in [-0.4, -0.2) is 26.6 Å². The zero-order valence-electron chi connectivity index (χ0n) is 8.80. The third-order valence-electron chi connectivity index (χ3n) is 2.21. The van der Waals surface area contributed by atoms with Crippen LogP contribution in [-0.2, 0) is 10.0 Å². The van der Waals surface area contributed by atoms with Gasteiger partial charge in [-0.25, -0.2) is 18.5 Å². The fourth-order valence-corrected chi connectivity index (χ4v) is 2.16. The van der Waals surface area contributed by atoms with Gasteiger partial charge in [-0.1, -0.05) is 0 Å². The molecule has 0 bridgehead atoms. The van der Waals surface area contributed by atoms with E-state index < -0.39 is 10.0 Å². The lowest BCUT2D eigenvalue weighted by molar-refractivity contribution is 0.295. The molecular weight excluding hydrogens is 230 g/mol. The standard InChI is InChI=1S/C9H13N3O3S/c1-11-9-8(16(10,13)14)7(4-5-12-9)15-6-2-3-6/h4-6H,2-3H2,1H3,(H,11,12)(H2,10,13,14). The lowest BCUT2D eigenvalue weighted by Gasteiger charge is -2.12. The zero-order chi connectivity index (χ0) is 11.8. The van der Waals surface area contributed by atoms with Gasteiger partial charge in [0.25, 0.3) is 0 Å². The molecule has 1 heterocycles. The summed E-state index contributed by atoms with van der Waals surface area (Å²) in [5.74, 6) is 0.477. The number of hydrogen-bond donors (Lipinski definition) is 2. The molecule has 0 spiro atoms. The fraction of sp³-hybridized carbons (Fsp3) is 0.444. The van der Waals surface area contributed by atoms with Crippen LogP contribution in [0, 0.1) is 0 Å². The van der Waals surface area contributed by atoms with Crippen molar-refractivity contribution >= 4 is 15.8 Å². The van der Waals surface area contributed by atoms with Crippen molar-refractivity contribution in [3.63, 3.8) is 0 Å². The number of hydrogen-bond acceptors (Lipinski definition) is 5. The molecule has 88 valence electrons. The minimum atomic E-state index is -3.84. The quantitative estimate of drug-likeness (QED) is 0.793. The van der Waals surface area contributed by atoms with Gasteiger partial charge >= 0.3 is 0 Å². The molecule has 1 fully saturated rings. The summed E-state index contributed by atoms with van der Waals surface area (Å²) in [5.41, 5.74) is 0. The molecule has 1 aromatic rings. The number of nitrogens with zero attached hydrogens (tertiary/aromatic N) is 1. The van der Waals surface area contributed by atoms with Crippen LogP contribution in [0.4, 0.5) is 5.82 Å². The van der Waals surface area contributed by atoms with Gasteiger partial charge in [-0.05, 0) is 12.8 Å². The van der Waals surface area contributed by atoms with Gasteiger partial charge in [0.2, 0.25) is 10.0 Å². The second kappa shape index (κ2) is 3.91. The molecule has 2 rings (SSSR count). The fourth-order valence-electron chi connectivity index (χ4n) is 1.34. The highest BCUT2D eigenvalue weighted by molar-refractivity contribution is 7.89. The lowest BCUT2D eigenvalue weighted by Crippen LogP contribution is -2.17. The number of aromatic nitrogens is 1. The Kier molecular flexibility index (Phi) is 2.73. The van der Waals surface area contributed by atoms with Crippen LogP contribution in [0.5, 0.6) is 5.75 Å². The average Bonchev–Trinajstić information content (AvgIpc) is 2.99. The molecule has 16 heavy (non-hydrogen) atoms. The van der Waals surface area contributed by atoms with E-state index >= 15 is 0 Å². The monoisotopic (exact) mass is 243 g/mol. The van der Waals surface area contributed by atoms with Crippen molar-refractivity contribution in [2.45, 2.75) is 23.8 Å². The van der Waals surface area contributed by atoms with Crippen molar-refractivity contribution in [2.75, 3.05) is 12.4 Å². The number of rotatable bonds is 4. The van der Waals surface area contributed by atoms with Gasteiger partial charge in [0.1, 0.15) is 11.6 Å². The van der Waals surface area contributed by atoms with Crippen molar-refractivity contribution in [1.82, 2.24) is 4.98 Å². The number of nitrogens with two attached hydrogens (primary N) is 1. The highest BCUT2D eigenvalue weighted by atomic mass is 32.2. The second-order valence-electron chi connectivity index (χ2n) is 3.60. The molecule has 6 nitrogen and oxygen atoms in total. The van der Waals surface area contributed by atoms with E-state index in [4.69, 9.17) is 9.88 Å². The Bertz CT molecular complexity index is 497. The molecule has 7 heteroatoms. The van der Waals surface area contributed by atoms with Crippen molar-refractivity contribution < 1.29 is 13.2 Å². The third kappa shape index (κ3) is 2.25. The first-order valence-electron chi connectivity index (χ1n) is 4.88. The number of ether oxygens (including phenoxy) is 1. The maximum Gasteiger partial charge on any atom is 0.245 e. The number of primary sulfonamides is 1. The first-order chi connectivity index (χ1) is 7.52. The Labute approximate surface area is 93.9 Å². The van der Waals surface area contributed by atoms with Crippen LogP contribution in [0.1, 0.15) is 12.8 Å². The van der Waals surface area contributed by atoms with Gasteiger partial charge in [0, 0.05) is 19.3 Å². The first kappa shape index (κ1) is 11.2. The van der Waals surface area contributed by atoms with Crippen molar-refractivity contribution in [3.05, 3.63) is 12.3 Å². The summed E-state index contributed by atoms with van der Waals surface area (Å²) >= 11 is 0. The van der Waals surface area contributed by atoms with E-state index in [9.17, 15) is 8.42 Å². The van der Waals surface area contributed by atoms with Crippen molar-refractivity contribution in [3.8, 4) is 5.75 Å². The van der Waals surface area contributed by atoms with Crippen LogP contribution in [0.15, 0.2) is 17.2 Å². The summed E-state index contributed by atoms with van der Waals surface area (Å²) in [6.45, 7) is 0. The second-order valence-corrected chi connectivity index (χ2v) is 5.10. The van der Waals surface area contributed by atoms with Gasteiger partial charge in [-0.3, -0.25) is 0 Å². The minimum absolute atomic E-state index is 0.0793. The maximum absolute atomic E-state index is 11.5. The van der Waals surface area contributed by atoms with Crippen LogP contribution >= 0.6 is 0 Å². The van der Waals surface area contributed by atoms with Crippen molar-refractivity contribution in [2.24, 2.45) is 5.14 Å². The summed E-state index contributed by atoms with van der Waals surface area (Å²) < 4.78 is 28.4. The first-order valence-corrected chi connectivity index (χ1v) is 6.43. The minimum Gasteiger partial charge on any atom is -0.489 e. The van der Waals surface area contributed by atoms with E-state index in [-0.39, 0.29) is 22.6 Å². The molecule has 3 N–H and O–H groups in total. The molecule has 1 aliphatic rings. The number of anilines is 1. The zero-order valence-corrected chi connectivity index (χ0v) is 9.62. The van der Waals surface area contributed by atoms with E-state index in [1.165, 1.54) is 12.3 Å². The van der Waals surface area contributed by atoms with E-state index in [2.05, 4.69) is 10.3 Å². The van der Waals surface area contributed by atoms with E-state index in [1.54, 1.807) is 7.05 Å². The summed E-state index contributed by atoms with van der Waals surface area (Å²) in [6.07, 6.45) is 3.48. The summed E-state index contributed by atoms with van der Waals surface area (Å²) in [6, 6.07) is 1.51. The smallest absolute Gasteiger partial charge is 0.245 e. The van der Waals surface area contributed by atoms with Gasteiger partial charge in [0.05, 0.1) is 6.10 Å². The number of nitrogens with one attached hydrogen (secondary N) is 1. The molecular formula is C9H13N3O3S. The molecule has 0 radical (unpaired) electrons. The van der Waals surface area contributed by atoms with Gasteiger partial charge in [-0.15, -0.1) is 0 Å². The molecule has 0 amide bonds. The lowest BCUT2D eigenvalue weighted by atomic mass is 10.4. The van der Waals surface area contributed by atoms with Gasteiger partial charge in [-0.2, -0.15) is 0 Å². The Balaban J connectivity index is 2.49. The van der Waals surface area contributed by atoms with Crippen LogP contribution in [0.25, 0.3) is 0 Å². The number of pyridine rings is 1. The SMILES string of the molecule is CNc1nccc(OC2CC2)c1S(N)(=O)=O. The normalized spacial score (nSPS) is 15.9. The van der Waals surface area contributed by atoms with E-state index in [0.29, 0.717) is 0 Å². The van der Waals surface area contributed by atoms with Gasteiger partial charge < -0.3 is 10.1 Å². The molecule has 1 saturated carbocycles. The van der Waals surface area contributed by atoms with E-state index in [1.807, 2.05) is 0 Å². The molecule has 0 saturated heterocycles. The average molecular weight is 243 g/mol. The third-order valence-corrected chi connectivity index (χ3v) is 3.17. The maximum atomic E-state index is 11.5. The summed E-state index contributed by atoms with van der Waals surface area (Å²) in [4.78, 5) is 3.82. The van der Waals surface area contributed by atoms with Crippen molar-refractivity contribution in [1.29, 1.82) is 0 Å². The van der Waals surface area contributed by atoms with Crippen LogP contribution < -0.4 is 15.2 Å². The Hall–Kier alpha value is -1.34. The topological polar surface area (TPSA) is 94.3 Å². The van der Waals surface area contributed by atoms with E-state index in [0.717, 1.165) is 12.8 Å². The highest BCUT2D eigenvalue weighted by Gasteiger charge is 2.28. The predicted molar refractivity (Wildman–Crippen MR) is 58.8 cm³/mol. The molecule has 0 aromatic carbocycles. The summed E-state index contributed by atoms with van der Waals surface area (Å²) in [7, 11) is -2.26. The Morgan fingerprint density at radius 1 is 1.56 bits per heavy atom. The highest BCUT2D eigenvalue weighted by Crippen LogP contribution is 2.33. The molecule has 0 atom stereocenters. The molecule has 1 aromatic heterocycles. The largest absolute Gasteiger partial charge is 0.489 e. The van der Waals surface area contributed by atoms with Crippen LogP contribution in [0.3, 0.4) is 0 Å². The molecule has 1 aliphatic carbocycles. The Morgan fingerprint density at radius 2 is 2.25 bits per heavy atom. The van der Waals surface area contributed by atoms with Gasteiger partial charge in [0.15, 0.2) is 4.90 Å². The summed E-state index contributed by atoms with van der Waals surface area (Å²) in [5, 5.41) is 7.83. The molecule has 0 aliphatic heterocycles. The predicted octanol–water partition coefficient (Wildman–Crippen LogP) is 0.312. The number of sulfonamides is 1.